The third kappa shape index (κ3) is 4.00. The van der Waals surface area contributed by atoms with E-state index in [0.29, 0.717) is 18.4 Å². The maximum absolute atomic E-state index is 13.0. The van der Waals surface area contributed by atoms with Crippen molar-refractivity contribution < 1.29 is 12.8 Å². The highest BCUT2D eigenvalue weighted by atomic mass is 32.2. The number of nitrogens with one attached hydrogen (secondary N) is 2. The lowest BCUT2D eigenvalue weighted by atomic mass is 10.2. The summed E-state index contributed by atoms with van der Waals surface area (Å²) in [4.78, 5) is -0.00347. The molecule has 19 heavy (non-hydrogen) atoms. The Labute approximate surface area is 112 Å². The topological polar surface area (TPSA) is 96.0 Å². The molecule has 5 nitrogen and oxygen atoms in total. The maximum atomic E-state index is 13.0. The largest absolute Gasteiger partial charge is 0.386 e. The predicted octanol–water partition coefficient (Wildman–Crippen LogP) is 1.52. The number of amidine groups is 1. The number of nitrogens with two attached hydrogens (primary N) is 1. The van der Waals surface area contributed by atoms with Gasteiger partial charge in [-0.3, -0.25) is 5.41 Å². The first-order valence-electron chi connectivity index (χ1n) is 5.90. The molecule has 0 amide bonds. The third-order valence-corrected chi connectivity index (χ3v) is 4.31. The Morgan fingerprint density at radius 1 is 1.53 bits per heavy atom. The highest BCUT2D eigenvalue weighted by Crippen LogP contribution is 2.16. The van der Waals surface area contributed by atoms with Crippen LogP contribution in [0.5, 0.6) is 0 Å². The van der Waals surface area contributed by atoms with Gasteiger partial charge in [0.2, 0.25) is 10.0 Å². The summed E-state index contributed by atoms with van der Waals surface area (Å²) in [6.07, 6.45) is 1.13. The van der Waals surface area contributed by atoms with Gasteiger partial charge in [-0.15, -0.1) is 0 Å². The van der Waals surface area contributed by atoms with Crippen LogP contribution >= 0.6 is 0 Å². The number of hydrogen-bond donors (Lipinski definition) is 3. The summed E-state index contributed by atoms with van der Waals surface area (Å²) >= 11 is 0. The molecule has 1 atom stereocenters. The molecule has 0 saturated carbocycles. The molecule has 1 unspecified atom stereocenters. The quantitative estimate of drug-likeness (QED) is 0.546. The molecule has 4 N–H and O–H groups in total. The number of aryl methyl sites for hydroxylation is 1. The van der Waals surface area contributed by atoms with Gasteiger partial charge in [-0.25, -0.2) is 17.5 Å². The van der Waals surface area contributed by atoms with Crippen molar-refractivity contribution in [2.75, 3.05) is 0 Å². The molecule has 0 saturated heterocycles. The van der Waals surface area contributed by atoms with E-state index < -0.39 is 21.9 Å². The van der Waals surface area contributed by atoms with Crippen LogP contribution in [0.3, 0.4) is 0 Å². The molecular formula is C12H18FN3O2S. The van der Waals surface area contributed by atoms with Crippen molar-refractivity contribution in [2.45, 2.75) is 37.6 Å². The van der Waals surface area contributed by atoms with E-state index in [1.807, 2.05) is 6.92 Å². The maximum Gasteiger partial charge on any atom is 0.241 e. The molecule has 0 bridgehead atoms. The fraction of sp³-hybridized carbons (Fsp3) is 0.417. The number of benzene rings is 1. The molecule has 1 aromatic carbocycles. The van der Waals surface area contributed by atoms with Crippen LogP contribution < -0.4 is 10.5 Å². The number of hydrogen-bond acceptors (Lipinski definition) is 3. The van der Waals surface area contributed by atoms with E-state index in [4.69, 9.17) is 11.1 Å². The zero-order chi connectivity index (χ0) is 14.6. The van der Waals surface area contributed by atoms with Crippen molar-refractivity contribution in [3.05, 3.63) is 29.6 Å². The normalized spacial score (nSPS) is 13.2. The SMILES string of the molecule is CCCC(NS(=O)(=O)c1ccc(F)cc1C)C(=N)N. The van der Waals surface area contributed by atoms with Crippen LogP contribution in [-0.2, 0) is 10.0 Å². The van der Waals surface area contributed by atoms with Crippen LogP contribution in [0.4, 0.5) is 4.39 Å². The molecule has 106 valence electrons. The lowest BCUT2D eigenvalue weighted by Crippen LogP contribution is -2.44. The van der Waals surface area contributed by atoms with Crippen LogP contribution in [0.25, 0.3) is 0 Å². The Bertz CT molecular complexity index is 572. The predicted molar refractivity (Wildman–Crippen MR) is 72.1 cm³/mol. The van der Waals surface area contributed by atoms with Gasteiger partial charge in [-0.2, -0.15) is 0 Å². The smallest absolute Gasteiger partial charge is 0.241 e. The summed E-state index contributed by atoms with van der Waals surface area (Å²) in [5.41, 5.74) is 5.68. The number of rotatable bonds is 6. The molecule has 0 radical (unpaired) electrons. The standard InChI is InChI=1S/C12H18FN3O2S/c1-3-4-10(12(14)15)16-19(17,18)11-6-5-9(13)7-8(11)2/h5-7,10,16H,3-4H2,1-2H3,(H3,14,15). The van der Waals surface area contributed by atoms with E-state index in [0.717, 1.165) is 12.1 Å². The van der Waals surface area contributed by atoms with Gasteiger partial charge in [-0.05, 0) is 37.1 Å². The summed E-state index contributed by atoms with van der Waals surface area (Å²) in [6.45, 7) is 3.38. The highest BCUT2D eigenvalue weighted by molar-refractivity contribution is 7.89. The average molecular weight is 287 g/mol. The van der Waals surface area contributed by atoms with Gasteiger partial charge >= 0.3 is 0 Å². The first-order valence-corrected chi connectivity index (χ1v) is 7.38. The lowest BCUT2D eigenvalue weighted by Gasteiger charge is -2.17. The molecule has 1 aromatic rings. The van der Waals surface area contributed by atoms with Crippen molar-refractivity contribution in [3.63, 3.8) is 0 Å². The van der Waals surface area contributed by atoms with E-state index in [1.165, 1.54) is 13.0 Å². The molecule has 0 aliphatic heterocycles. The summed E-state index contributed by atoms with van der Waals surface area (Å²) < 4.78 is 39.7. The Morgan fingerprint density at radius 2 is 2.16 bits per heavy atom. The average Bonchev–Trinajstić information content (AvgIpc) is 2.27. The Morgan fingerprint density at radius 3 is 2.63 bits per heavy atom. The second-order valence-corrected chi connectivity index (χ2v) is 6.01. The Hall–Kier alpha value is -1.47. The summed E-state index contributed by atoms with van der Waals surface area (Å²) in [7, 11) is -3.81. The van der Waals surface area contributed by atoms with Crippen molar-refractivity contribution in [3.8, 4) is 0 Å². The van der Waals surface area contributed by atoms with Crippen LogP contribution in [0, 0.1) is 18.2 Å². The second kappa shape index (κ2) is 6.12. The van der Waals surface area contributed by atoms with Gasteiger partial charge in [0.15, 0.2) is 0 Å². The second-order valence-electron chi connectivity index (χ2n) is 4.33. The van der Waals surface area contributed by atoms with Gasteiger partial charge in [0.25, 0.3) is 0 Å². The van der Waals surface area contributed by atoms with Crippen molar-refractivity contribution >= 4 is 15.9 Å². The molecule has 7 heteroatoms. The summed E-state index contributed by atoms with van der Waals surface area (Å²) in [5.74, 6) is -0.724. The van der Waals surface area contributed by atoms with Crippen molar-refractivity contribution in [2.24, 2.45) is 5.73 Å². The zero-order valence-corrected chi connectivity index (χ0v) is 11.7. The molecule has 0 fully saturated rings. The van der Waals surface area contributed by atoms with E-state index in [9.17, 15) is 12.8 Å². The third-order valence-electron chi connectivity index (χ3n) is 2.68. The van der Waals surface area contributed by atoms with Crippen LogP contribution in [-0.4, -0.2) is 20.3 Å². The van der Waals surface area contributed by atoms with Gasteiger partial charge in [0.1, 0.15) is 11.7 Å². The zero-order valence-electron chi connectivity index (χ0n) is 10.9. The highest BCUT2D eigenvalue weighted by Gasteiger charge is 2.23. The minimum absolute atomic E-state index is 0.00347. The van der Waals surface area contributed by atoms with E-state index in [-0.39, 0.29) is 10.7 Å². The summed E-state index contributed by atoms with van der Waals surface area (Å²) in [6, 6.07) is 2.71. The van der Waals surface area contributed by atoms with Gasteiger partial charge in [-0.1, -0.05) is 13.3 Å². The molecule has 0 heterocycles. The fourth-order valence-electron chi connectivity index (χ4n) is 1.73. The Balaban J connectivity index is 3.06. The number of halogens is 1. The molecule has 0 spiro atoms. The first kappa shape index (κ1) is 15.6. The molecule has 1 rings (SSSR count). The van der Waals surface area contributed by atoms with Gasteiger partial charge in [0.05, 0.1) is 10.9 Å². The minimum Gasteiger partial charge on any atom is -0.386 e. The van der Waals surface area contributed by atoms with Crippen LogP contribution in [0.1, 0.15) is 25.3 Å². The fourth-order valence-corrected chi connectivity index (χ4v) is 3.21. The molecule has 0 aromatic heterocycles. The van der Waals surface area contributed by atoms with Crippen molar-refractivity contribution in [1.82, 2.24) is 4.72 Å². The van der Waals surface area contributed by atoms with Gasteiger partial charge in [0, 0.05) is 0 Å². The molecule has 0 aliphatic rings. The van der Waals surface area contributed by atoms with E-state index in [2.05, 4.69) is 4.72 Å². The first-order chi connectivity index (χ1) is 8.77. The van der Waals surface area contributed by atoms with Crippen LogP contribution in [0.2, 0.25) is 0 Å². The Kier molecular flexibility index (Phi) is 5.02. The molecule has 0 aliphatic carbocycles. The van der Waals surface area contributed by atoms with Crippen molar-refractivity contribution in [1.29, 1.82) is 5.41 Å². The summed E-state index contributed by atoms with van der Waals surface area (Å²) in [5, 5.41) is 7.38. The van der Waals surface area contributed by atoms with Gasteiger partial charge < -0.3 is 5.73 Å². The minimum atomic E-state index is -3.81. The lowest BCUT2D eigenvalue weighted by molar-refractivity contribution is 0.564. The number of sulfonamides is 1. The molecular weight excluding hydrogens is 269 g/mol. The van der Waals surface area contributed by atoms with Crippen LogP contribution in [0.15, 0.2) is 23.1 Å². The van der Waals surface area contributed by atoms with E-state index in [1.54, 1.807) is 0 Å². The monoisotopic (exact) mass is 287 g/mol. The van der Waals surface area contributed by atoms with E-state index >= 15 is 0 Å².